The van der Waals surface area contributed by atoms with Crippen molar-refractivity contribution < 1.29 is 9.18 Å². The van der Waals surface area contributed by atoms with Crippen molar-refractivity contribution in [3.8, 4) is 0 Å². The van der Waals surface area contributed by atoms with Crippen molar-refractivity contribution in [2.24, 2.45) is 0 Å². The summed E-state index contributed by atoms with van der Waals surface area (Å²) in [6, 6.07) is 8.39. The number of nitrogens with zero attached hydrogens (tertiary/aromatic N) is 4. The summed E-state index contributed by atoms with van der Waals surface area (Å²) in [5.41, 5.74) is 3.59. The van der Waals surface area contributed by atoms with Gasteiger partial charge < -0.3 is 9.88 Å². The molecule has 0 aliphatic carbocycles. The third-order valence-corrected chi connectivity index (χ3v) is 6.06. The molecular weight excluding hydrogens is 437 g/mol. The van der Waals surface area contributed by atoms with Gasteiger partial charge in [0, 0.05) is 29.7 Å². The smallest absolute Gasteiger partial charge is 0.272 e. The summed E-state index contributed by atoms with van der Waals surface area (Å²) in [6.07, 6.45) is 3.50. The highest BCUT2D eigenvalue weighted by atomic mass is 79.9. The summed E-state index contributed by atoms with van der Waals surface area (Å²) < 4.78 is 16.2. The Bertz CT molecular complexity index is 1240. The number of likely N-dealkylation sites (tertiary alicyclic amines) is 1. The number of hydrogen-bond donors (Lipinski definition) is 1. The molecule has 1 N–H and O–H groups in total. The van der Waals surface area contributed by atoms with Gasteiger partial charge in [-0.3, -0.25) is 9.20 Å². The molecular formula is C21H19BrFN5O. The number of piperidine rings is 1. The Morgan fingerprint density at radius 2 is 2.00 bits per heavy atom. The Balaban J connectivity index is 1.35. The number of carbonyl (C=O) groups excluding carboxylic acids is 1. The van der Waals surface area contributed by atoms with Crippen LogP contribution in [-0.2, 0) is 0 Å². The summed E-state index contributed by atoms with van der Waals surface area (Å²) >= 11 is 3.47. The Kier molecular flexibility index (Phi) is 4.38. The lowest BCUT2D eigenvalue weighted by Gasteiger charge is -2.31. The number of pyridine rings is 1. The number of halogens is 2. The molecule has 1 aliphatic rings. The van der Waals surface area contributed by atoms with Crippen LogP contribution < -0.4 is 0 Å². The van der Waals surface area contributed by atoms with Gasteiger partial charge in [0.05, 0.1) is 16.7 Å². The summed E-state index contributed by atoms with van der Waals surface area (Å²) in [7, 11) is 0. The fourth-order valence-corrected chi connectivity index (χ4v) is 4.43. The van der Waals surface area contributed by atoms with Gasteiger partial charge in [0.2, 0.25) is 0 Å². The van der Waals surface area contributed by atoms with E-state index in [1.807, 2.05) is 34.6 Å². The number of imidazole rings is 2. The predicted octanol–water partition coefficient (Wildman–Crippen LogP) is 4.44. The fourth-order valence-electron chi connectivity index (χ4n) is 4.09. The molecule has 1 saturated heterocycles. The zero-order valence-electron chi connectivity index (χ0n) is 15.8. The number of H-pyrrole nitrogens is 1. The third kappa shape index (κ3) is 3.21. The summed E-state index contributed by atoms with van der Waals surface area (Å²) in [5, 5.41) is 0. The molecule has 4 aromatic rings. The van der Waals surface area contributed by atoms with Crippen LogP contribution in [0, 0.1) is 12.7 Å². The van der Waals surface area contributed by atoms with E-state index < -0.39 is 0 Å². The third-order valence-electron chi connectivity index (χ3n) is 5.59. The number of fused-ring (bicyclic) bond motifs is 2. The van der Waals surface area contributed by atoms with E-state index in [0.29, 0.717) is 24.3 Å². The van der Waals surface area contributed by atoms with Gasteiger partial charge in [-0.05, 0) is 66.0 Å². The van der Waals surface area contributed by atoms with Crippen molar-refractivity contribution in [2.75, 3.05) is 13.1 Å². The highest BCUT2D eigenvalue weighted by molar-refractivity contribution is 9.10. The molecule has 0 radical (unpaired) electrons. The van der Waals surface area contributed by atoms with Crippen LogP contribution >= 0.6 is 15.9 Å². The van der Waals surface area contributed by atoms with Crippen molar-refractivity contribution >= 4 is 38.5 Å². The number of nitrogens with one attached hydrogen (secondary N) is 1. The standard InChI is InChI=1S/C21H19BrFN5O/c1-12-19(28-11-14(22)2-5-18(28)24-12)21(29)27-8-6-13(7-9-27)20-25-16-4-3-15(23)10-17(16)26-20/h2-5,10-11,13H,6-9H2,1H3,(H,25,26). The van der Waals surface area contributed by atoms with E-state index in [4.69, 9.17) is 0 Å². The van der Waals surface area contributed by atoms with E-state index >= 15 is 0 Å². The number of hydrogen-bond acceptors (Lipinski definition) is 3. The molecule has 1 amide bonds. The van der Waals surface area contributed by atoms with Crippen LogP contribution in [0.1, 0.15) is 40.8 Å². The van der Waals surface area contributed by atoms with Crippen LogP contribution in [0.5, 0.6) is 0 Å². The van der Waals surface area contributed by atoms with E-state index in [9.17, 15) is 9.18 Å². The lowest BCUT2D eigenvalue weighted by atomic mass is 9.96. The first-order chi connectivity index (χ1) is 14.0. The first-order valence-electron chi connectivity index (χ1n) is 9.58. The molecule has 4 heterocycles. The number of amides is 1. The average molecular weight is 456 g/mol. The van der Waals surface area contributed by atoms with Crippen molar-refractivity contribution in [1.29, 1.82) is 0 Å². The Hall–Kier alpha value is -2.74. The first-order valence-corrected chi connectivity index (χ1v) is 10.4. The number of aryl methyl sites for hydroxylation is 1. The van der Waals surface area contributed by atoms with Gasteiger partial charge in [-0.1, -0.05) is 0 Å². The topological polar surface area (TPSA) is 66.3 Å². The highest BCUT2D eigenvalue weighted by Gasteiger charge is 2.29. The minimum Gasteiger partial charge on any atom is -0.342 e. The summed E-state index contributed by atoms with van der Waals surface area (Å²) in [6.45, 7) is 3.17. The van der Waals surface area contributed by atoms with Gasteiger partial charge in [-0.25, -0.2) is 14.4 Å². The molecule has 0 bridgehead atoms. The van der Waals surface area contributed by atoms with Gasteiger partial charge in [0.15, 0.2) is 0 Å². The van der Waals surface area contributed by atoms with E-state index in [1.54, 1.807) is 6.07 Å². The minimum atomic E-state index is -0.275. The Labute approximate surface area is 174 Å². The largest absolute Gasteiger partial charge is 0.342 e. The maximum absolute atomic E-state index is 13.4. The molecule has 1 aliphatic heterocycles. The van der Waals surface area contributed by atoms with Crippen LogP contribution in [0.15, 0.2) is 41.0 Å². The molecule has 0 spiro atoms. The predicted molar refractivity (Wildman–Crippen MR) is 112 cm³/mol. The van der Waals surface area contributed by atoms with Crippen LogP contribution in [-0.4, -0.2) is 43.2 Å². The molecule has 0 unspecified atom stereocenters. The normalized spacial score (nSPS) is 15.5. The zero-order valence-corrected chi connectivity index (χ0v) is 17.4. The molecule has 8 heteroatoms. The summed E-state index contributed by atoms with van der Waals surface area (Å²) in [4.78, 5) is 27.5. The van der Waals surface area contributed by atoms with Gasteiger partial charge in [-0.2, -0.15) is 0 Å². The van der Waals surface area contributed by atoms with Crippen LogP contribution in [0.2, 0.25) is 0 Å². The molecule has 0 saturated carbocycles. The monoisotopic (exact) mass is 455 g/mol. The zero-order chi connectivity index (χ0) is 20.1. The molecule has 6 nitrogen and oxygen atoms in total. The molecule has 1 fully saturated rings. The second kappa shape index (κ2) is 6.95. The van der Waals surface area contributed by atoms with Gasteiger partial charge in [0.25, 0.3) is 5.91 Å². The maximum atomic E-state index is 13.4. The Morgan fingerprint density at radius 1 is 1.21 bits per heavy atom. The van der Waals surface area contributed by atoms with Gasteiger partial charge in [-0.15, -0.1) is 0 Å². The van der Waals surface area contributed by atoms with Crippen LogP contribution in [0.4, 0.5) is 4.39 Å². The number of rotatable bonds is 2. The maximum Gasteiger partial charge on any atom is 0.272 e. The molecule has 148 valence electrons. The minimum absolute atomic E-state index is 0.00164. The molecule has 5 rings (SSSR count). The van der Waals surface area contributed by atoms with Crippen molar-refractivity contribution in [1.82, 2.24) is 24.3 Å². The van der Waals surface area contributed by atoms with Crippen LogP contribution in [0.25, 0.3) is 16.7 Å². The van der Waals surface area contributed by atoms with Crippen molar-refractivity contribution in [2.45, 2.75) is 25.7 Å². The van der Waals surface area contributed by atoms with Crippen molar-refractivity contribution in [3.63, 3.8) is 0 Å². The molecule has 3 aromatic heterocycles. The lowest BCUT2D eigenvalue weighted by Crippen LogP contribution is -2.39. The second-order valence-electron chi connectivity index (χ2n) is 7.47. The highest BCUT2D eigenvalue weighted by Crippen LogP contribution is 2.29. The molecule has 1 aromatic carbocycles. The van der Waals surface area contributed by atoms with Crippen molar-refractivity contribution in [3.05, 3.63) is 64.0 Å². The molecule has 29 heavy (non-hydrogen) atoms. The SMILES string of the molecule is Cc1nc2ccc(Br)cn2c1C(=O)N1CCC(c2nc3ccc(F)cc3[nH]2)CC1. The van der Waals surface area contributed by atoms with Gasteiger partial charge in [0.1, 0.15) is 23.0 Å². The summed E-state index contributed by atoms with van der Waals surface area (Å²) in [5.74, 6) is 0.820. The second-order valence-corrected chi connectivity index (χ2v) is 8.39. The number of aromatic nitrogens is 4. The number of aromatic amines is 1. The van der Waals surface area contributed by atoms with E-state index in [1.165, 1.54) is 12.1 Å². The average Bonchev–Trinajstić information content (AvgIpc) is 3.27. The Morgan fingerprint density at radius 3 is 2.79 bits per heavy atom. The number of benzene rings is 1. The fraction of sp³-hybridized carbons (Fsp3) is 0.286. The van der Waals surface area contributed by atoms with E-state index in [-0.39, 0.29) is 17.6 Å². The van der Waals surface area contributed by atoms with Gasteiger partial charge >= 0.3 is 0 Å². The number of carbonyl (C=O) groups is 1. The lowest BCUT2D eigenvalue weighted by molar-refractivity contribution is 0.0703. The van der Waals surface area contributed by atoms with E-state index in [0.717, 1.165) is 40.0 Å². The van der Waals surface area contributed by atoms with Crippen LogP contribution in [0.3, 0.4) is 0 Å². The van der Waals surface area contributed by atoms with E-state index in [2.05, 4.69) is 30.9 Å². The first kappa shape index (κ1) is 18.3. The quantitative estimate of drug-likeness (QED) is 0.485. The molecule has 0 atom stereocenters.